The zero-order valence-electron chi connectivity index (χ0n) is 17.1. The second-order valence-corrected chi connectivity index (χ2v) is 7.56. The molecule has 2 aromatic carbocycles. The van der Waals surface area contributed by atoms with E-state index in [1.807, 2.05) is 13.8 Å². The van der Waals surface area contributed by atoms with E-state index in [0.717, 1.165) is 24.3 Å². The van der Waals surface area contributed by atoms with Crippen molar-refractivity contribution in [3.63, 3.8) is 0 Å². The molecule has 0 saturated carbocycles. The summed E-state index contributed by atoms with van der Waals surface area (Å²) in [5, 5.41) is 5.27. The van der Waals surface area contributed by atoms with Crippen LogP contribution in [0.1, 0.15) is 19.4 Å². The molecule has 0 unspecified atom stereocenters. The molecule has 3 aromatic rings. The zero-order valence-corrected chi connectivity index (χ0v) is 17.9. The van der Waals surface area contributed by atoms with E-state index in [2.05, 4.69) is 25.3 Å². The van der Waals surface area contributed by atoms with Crippen LogP contribution in [0.2, 0.25) is 5.02 Å². The number of hydrogen-bond donors (Lipinski definition) is 2. The summed E-state index contributed by atoms with van der Waals surface area (Å²) in [6.07, 6.45) is -9.53. The van der Waals surface area contributed by atoms with E-state index in [1.54, 1.807) is 0 Å². The normalized spacial score (nSPS) is 12.1. The minimum absolute atomic E-state index is 0.0565. The molecule has 0 saturated heterocycles. The minimum Gasteiger partial charge on any atom is -0.406 e. The Balaban J connectivity index is 2.01. The first-order chi connectivity index (χ1) is 15.3. The lowest BCUT2D eigenvalue weighted by Crippen LogP contribution is -2.17. The lowest BCUT2D eigenvalue weighted by Gasteiger charge is -2.15. The van der Waals surface area contributed by atoms with Crippen molar-refractivity contribution in [3.05, 3.63) is 59.1 Å². The second-order valence-electron chi connectivity index (χ2n) is 7.15. The highest BCUT2D eigenvalue weighted by Gasteiger charge is 2.33. The molecule has 33 heavy (non-hydrogen) atoms. The van der Waals surface area contributed by atoms with Gasteiger partial charge in [0.2, 0.25) is 5.95 Å². The number of nitrogens with one attached hydrogen (secondary N) is 2. The van der Waals surface area contributed by atoms with Gasteiger partial charge in [-0.25, -0.2) is 4.98 Å². The van der Waals surface area contributed by atoms with E-state index in [4.69, 9.17) is 11.6 Å². The number of benzene rings is 2. The van der Waals surface area contributed by atoms with Crippen LogP contribution in [0.4, 0.5) is 43.8 Å². The SMILES string of the molecule is CC(C)Nc1nc(Nc2ccc(Cl)c(C(F)(F)F)c2)cc(-c2cccc(OC(F)(F)F)c2)n1. The third kappa shape index (κ3) is 6.88. The van der Waals surface area contributed by atoms with Gasteiger partial charge in [-0.05, 0) is 44.2 Å². The van der Waals surface area contributed by atoms with Gasteiger partial charge >= 0.3 is 12.5 Å². The van der Waals surface area contributed by atoms with Crippen molar-refractivity contribution in [3.8, 4) is 17.0 Å². The summed E-state index contributed by atoms with van der Waals surface area (Å²) < 4.78 is 81.2. The smallest absolute Gasteiger partial charge is 0.406 e. The maximum Gasteiger partial charge on any atom is 0.573 e. The molecule has 12 heteroatoms. The number of hydrogen-bond acceptors (Lipinski definition) is 5. The predicted octanol–water partition coefficient (Wildman–Crippen LogP) is 7.28. The largest absolute Gasteiger partial charge is 0.573 e. The summed E-state index contributed by atoms with van der Waals surface area (Å²) in [4.78, 5) is 8.53. The Kier molecular flexibility index (Phi) is 6.92. The molecule has 0 amide bonds. The highest BCUT2D eigenvalue weighted by atomic mass is 35.5. The molecule has 0 aliphatic rings. The van der Waals surface area contributed by atoms with Gasteiger partial charge < -0.3 is 15.4 Å². The van der Waals surface area contributed by atoms with Crippen molar-refractivity contribution in [1.29, 1.82) is 0 Å². The average molecular weight is 491 g/mol. The Labute approximate surface area is 189 Å². The van der Waals surface area contributed by atoms with Gasteiger partial charge in [0.25, 0.3) is 0 Å². The summed E-state index contributed by atoms with van der Waals surface area (Å²) in [6, 6.07) is 9.71. The van der Waals surface area contributed by atoms with Crippen molar-refractivity contribution in [2.24, 2.45) is 0 Å². The van der Waals surface area contributed by atoms with Crippen molar-refractivity contribution >= 4 is 29.1 Å². The molecule has 0 bridgehead atoms. The topological polar surface area (TPSA) is 59.1 Å². The number of aromatic nitrogens is 2. The van der Waals surface area contributed by atoms with Crippen molar-refractivity contribution in [2.45, 2.75) is 32.4 Å². The summed E-state index contributed by atoms with van der Waals surface area (Å²) in [5.41, 5.74) is -0.476. The molecule has 0 aliphatic heterocycles. The zero-order chi connectivity index (χ0) is 24.4. The van der Waals surface area contributed by atoms with Crippen LogP contribution in [0.25, 0.3) is 11.3 Å². The standard InChI is InChI=1S/C21H17ClF6N4O/c1-11(2)29-19-31-17(12-4-3-5-14(8-12)33-21(26,27)28)10-18(32-19)30-13-6-7-16(22)15(9-13)20(23,24)25/h3-11H,1-2H3,(H2,29,30,31,32). The number of rotatable bonds is 6. The van der Waals surface area contributed by atoms with E-state index in [0.29, 0.717) is 0 Å². The first-order valence-electron chi connectivity index (χ1n) is 9.46. The third-order valence-electron chi connectivity index (χ3n) is 4.05. The maximum absolute atomic E-state index is 13.2. The van der Waals surface area contributed by atoms with Gasteiger partial charge in [0.15, 0.2) is 0 Å². The van der Waals surface area contributed by atoms with Crippen LogP contribution in [0.5, 0.6) is 5.75 Å². The van der Waals surface area contributed by atoms with E-state index in [9.17, 15) is 26.3 Å². The van der Waals surface area contributed by atoms with Crippen LogP contribution < -0.4 is 15.4 Å². The number of alkyl halides is 6. The minimum atomic E-state index is -4.87. The number of anilines is 3. The van der Waals surface area contributed by atoms with Crippen LogP contribution >= 0.6 is 11.6 Å². The maximum atomic E-state index is 13.2. The van der Waals surface area contributed by atoms with Crippen molar-refractivity contribution < 1.29 is 31.1 Å². The Morgan fingerprint density at radius 3 is 2.30 bits per heavy atom. The van der Waals surface area contributed by atoms with Crippen LogP contribution in [0, 0.1) is 0 Å². The molecule has 3 rings (SSSR count). The van der Waals surface area contributed by atoms with Crippen molar-refractivity contribution in [2.75, 3.05) is 10.6 Å². The van der Waals surface area contributed by atoms with Crippen molar-refractivity contribution in [1.82, 2.24) is 9.97 Å². The van der Waals surface area contributed by atoms with Gasteiger partial charge in [-0.1, -0.05) is 23.7 Å². The molecule has 0 spiro atoms. The van der Waals surface area contributed by atoms with Gasteiger partial charge in [0, 0.05) is 23.4 Å². The number of ether oxygens (including phenoxy) is 1. The average Bonchev–Trinajstić information content (AvgIpc) is 2.67. The fraction of sp³-hybridized carbons (Fsp3) is 0.238. The summed E-state index contributed by atoms with van der Waals surface area (Å²) in [5.74, 6) is -0.211. The van der Waals surface area contributed by atoms with Crippen LogP contribution in [-0.2, 0) is 6.18 Å². The van der Waals surface area contributed by atoms with Gasteiger partial charge in [-0.2, -0.15) is 18.2 Å². The molecule has 5 nitrogen and oxygen atoms in total. The molecular weight excluding hydrogens is 474 g/mol. The highest BCUT2D eigenvalue weighted by Crippen LogP contribution is 2.37. The van der Waals surface area contributed by atoms with Gasteiger partial charge in [0.05, 0.1) is 16.3 Å². The van der Waals surface area contributed by atoms with Crippen LogP contribution in [0.15, 0.2) is 48.5 Å². The molecule has 0 radical (unpaired) electrons. The molecular formula is C21H17ClF6N4O. The molecule has 1 aromatic heterocycles. The molecule has 2 N–H and O–H groups in total. The molecule has 0 aliphatic carbocycles. The number of nitrogens with zero attached hydrogens (tertiary/aromatic N) is 2. The Hall–Kier alpha value is -3.21. The molecule has 176 valence electrons. The van der Waals surface area contributed by atoms with Crippen LogP contribution in [0.3, 0.4) is 0 Å². The summed E-state index contributed by atoms with van der Waals surface area (Å²) in [7, 11) is 0. The summed E-state index contributed by atoms with van der Waals surface area (Å²) >= 11 is 5.66. The number of halogens is 7. The van der Waals surface area contributed by atoms with Gasteiger partial charge in [-0.3, -0.25) is 0 Å². The first-order valence-corrected chi connectivity index (χ1v) is 9.83. The quantitative estimate of drug-likeness (QED) is 0.356. The van der Waals surface area contributed by atoms with E-state index in [1.165, 1.54) is 24.3 Å². The van der Waals surface area contributed by atoms with Gasteiger partial charge in [-0.15, -0.1) is 13.2 Å². The third-order valence-corrected chi connectivity index (χ3v) is 4.38. The lowest BCUT2D eigenvalue weighted by molar-refractivity contribution is -0.274. The molecule has 1 heterocycles. The summed E-state index contributed by atoms with van der Waals surface area (Å²) in [6.45, 7) is 3.63. The highest BCUT2D eigenvalue weighted by molar-refractivity contribution is 6.31. The van der Waals surface area contributed by atoms with E-state index >= 15 is 0 Å². The fourth-order valence-electron chi connectivity index (χ4n) is 2.80. The van der Waals surface area contributed by atoms with Gasteiger partial charge in [0.1, 0.15) is 11.6 Å². The fourth-order valence-corrected chi connectivity index (χ4v) is 3.03. The Bertz CT molecular complexity index is 1130. The first kappa shape index (κ1) is 24.4. The lowest BCUT2D eigenvalue weighted by atomic mass is 10.1. The molecule has 0 fully saturated rings. The second kappa shape index (κ2) is 9.34. The predicted molar refractivity (Wildman–Crippen MR) is 113 cm³/mol. The van der Waals surface area contributed by atoms with E-state index in [-0.39, 0.29) is 34.8 Å². The monoisotopic (exact) mass is 490 g/mol. The Morgan fingerprint density at radius 1 is 0.939 bits per heavy atom. The van der Waals surface area contributed by atoms with E-state index < -0.39 is 28.9 Å². The molecule has 0 atom stereocenters. The van der Waals surface area contributed by atoms with Crippen LogP contribution in [-0.4, -0.2) is 22.4 Å². The Morgan fingerprint density at radius 2 is 1.67 bits per heavy atom.